The minimum absolute atomic E-state index is 0.0262. The van der Waals surface area contributed by atoms with Gasteiger partial charge in [0.15, 0.2) is 0 Å². The molecule has 1 heterocycles. The van der Waals surface area contributed by atoms with Crippen molar-refractivity contribution in [2.24, 2.45) is 5.10 Å². The summed E-state index contributed by atoms with van der Waals surface area (Å²) >= 11 is 0. The third-order valence-electron chi connectivity index (χ3n) is 4.10. The van der Waals surface area contributed by atoms with Crippen LogP contribution < -0.4 is 15.1 Å². The van der Waals surface area contributed by atoms with Gasteiger partial charge in [-0.3, -0.25) is 9.59 Å². The number of aromatic hydroxyl groups is 1. The number of phenols is 1. The molecule has 2 aromatic rings. The monoisotopic (exact) mass is 353 g/mol. The molecule has 1 aliphatic rings. The van der Waals surface area contributed by atoms with Gasteiger partial charge in [-0.2, -0.15) is 5.10 Å². The number of phenolic OH excluding ortho intramolecular Hbond substituents is 1. The van der Waals surface area contributed by atoms with Crippen molar-refractivity contribution in [3.05, 3.63) is 53.6 Å². The van der Waals surface area contributed by atoms with E-state index < -0.39 is 5.91 Å². The number of carbonyl (C=O) groups excluding carboxylic acids is 2. The number of benzene rings is 2. The SMILES string of the molecule is COc1ccc(O)c(C=NNC(=O)c2cccc(N3CCCC3=O)c2)c1. The lowest BCUT2D eigenvalue weighted by atomic mass is 10.2. The largest absolute Gasteiger partial charge is 0.507 e. The molecule has 0 aliphatic carbocycles. The van der Waals surface area contributed by atoms with Crippen molar-refractivity contribution in [3.8, 4) is 11.5 Å². The lowest BCUT2D eigenvalue weighted by Gasteiger charge is -2.16. The van der Waals surface area contributed by atoms with Gasteiger partial charge in [0.25, 0.3) is 5.91 Å². The van der Waals surface area contributed by atoms with E-state index in [0.29, 0.717) is 35.5 Å². The molecule has 0 radical (unpaired) electrons. The van der Waals surface area contributed by atoms with Gasteiger partial charge in [0, 0.05) is 29.8 Å². The molecule has 1 fully saturated rings. The third kappa shape index (κ3) is 3.83. The Labute approximate surface area is 150 Å². The number of rotatable bonds is 5. The van der Waals surface area contributed by atoms with E-state index in [1.807, 2.05) is 0 Å². The quantitative estimate of drug-likeness (QED) is 0.637. The highest BCUT2D eigenvalue weighted by molar-refractivity contribution is 5.99. The number of nitrogens with one attached hydrogen (secondary N) is 1. The van der Waals surface area contributed by atoms with Crippen molar-refractivity contribution >= 4 is 23.7 Å². The fourth-order valence-corrected chi connectivity index (χ4v) is 2.72. The van der Waals surface area contributed by atoms with Crippen LogP contribution in [0, 0.1) is 0 Å². The molecule has 134 valence electrons. The molecule has 3 rings (SSSR count). The molecular formula is C19H19N3O4. The van der Waals surface area contributed by atoms with Crippen molar-refractivity contribution in [3.63, 3.8) is 0 Å². The number of carbonyl (C=O) groups is 2. The van der Waals surface area contributed by atoms with Gasteiger partial charge in [-0.05, 0) is 42.8 Å². The Morgan fingerprint density at radius 3 is 2.88 bits per heavy atom. The summed E-state index contributed by atoms with van der Waals surface area (Å²) in [4.78, 5) is 25.8. The van der Waals surface area contributed by atoms with Gasteiger partial charge >= 0.3 is 0 Å². The second kappa shape index (κ2) is 7.69. The molecule has 1 saturated heterocycles. The highest BCUT2D eigenvalue weighted by Crippen LogP contribution is 2.23. The summed E-state index contributed by atoms with van der Waals surface area (Å²) in [5.41, 5.74) is 3.93. The predicted molar refractivity (Wildman–Crippen MR) is 97.7 cm³/mol. The summed E-state index contributed by atoms with van der Waals surface area (Å²) in [6, 6.07) is 11.6. The zero-order valence-corrected chi connectivity index (χ0v) is 14.3. The Kier molecular flexibility index (Phi) is 5.17. The first-order valence-electron chi connectivity index (χ1n) is 8.19. The molecule has 0 atom stereocenters. The number of ether oxygens (including phenoxy) is 1. The van der Waals surface area contributed by atoms with Crippen LogP contribution in [0.5, 0.6) is 11.5 Å². The van der Waals surface area contributed by atoms with E-state index in [9.17, 15) is 14.7 Å². The van der Waals surface area contributed by atoms with Crippen LogP contribution in [0.25, 0.3) is 0 Å². The van der Waals surface area contributed by atoms with Crippen molar-refractivity contribution in [2.45, 2.75) is 12.8 Å². The third-order valence-corrected chi connectivity index (χ3v) is 4.10. The smallest absolute Gasteiger partial charge is 0.271 e. The molecule has 7 heteroatoms. The molecule has 0 bridgehead atoms. The molecule has 7 nitrogen and oxygen atoms in total. The summed E-state index contributed by atoms with van der Waals surface area (Å²) in [5, 5.41) is 13.7. The van der Waals surface area contributed by atoms with E-state index in [2.05, 4.69) is 10.5 Å². The number of hydrazone groups is 1. The Balaban J connectivity index is 1.70. The lowest BCUT2D eigenvalue weighted by Crippen LogP contribution is -2.24. The van der Waals surface area contributed by atoms with Gasteiger partial charge < -0.3 is 14.7 Å². The Bertz CT molecular complexity index is 864. The van der Waals surface area contributed by atoms with Crippen LogP contribution in [0.1, 0.15) is 28.8 Å². The van der Waals surface area contributed by atoms with Gasteiger partial charge in [-0.15, -0.1) is 0 Å². The van der Waals surface area contributed by atoms with Crippen molar-refractivity contribution in [2.75, 3.05) is 18.6 Å². The summed E-state index contributed by atoms with van der Waals surface area (Å²) in [6.45, 7) is 0.664. The van der Waals surface area contributed by atoms with Crippen LogP contribution in [0.3, 0.4) is 0 Å². The van der Waals surface area contributed by atoms with Gasteiger partial charge in [-0.1, -0.05) is 6.07 Å². The van der Waals surface area contributed by atoms with E-state index in [4.69, 9.17) is 4.74 Å². The highest BCUT2D eigenvalue weighted by Gasteiger charge is 2.22. The maximum absolute atomic E-state index is 12.3. The molecule has 1 aliphatic heterocycles. The lowest BCUT2D eigenvalue weighted by molar-refractivity contribution is -0.117. The minimum atomic E-state index is -0.405. The number of hydrogen-bond donors (Lipinski definition) is 2. The number of methoxy groups -OCH3 is 1. The van der Waals surface area contributed by atoms with Gasteiger partial charge in [0.2, 0.25) is 5.91 Å². The van der Waals surface area contributed by atoms with E-state index >= 15 is 0 Å². The van der Waals surface area contributed by atoms with Crippen LogP contribution in [0.15, 0.2) is 47.6 Å². The maximum atomic E-state index is 12.3. The fraction of sp³-hybridized carbons (Fsp3) is 0.211. The topological polar surface area (TPSA) is 91.2 Å². The molecule has 0 spiro atoms. The fourth-order valence-electron chi connectivity index (χ4n) is 2.72. The summed E-state index contributed by atoms with van der Waals surface area (Å²) < 4.78 is 5.08. The molecule has 0 unspecified atom stereocenters. The number of anilines is 1. The van der Waals surface area contributed by atoms with Gasteiger partial charge in [0.05, 0.1) is 13.3 Å². The van der Waals surface area contributed by atoms with Crippen LogP contribution in [-0.4, -0.2) is 36.8 Å². The standard InChI is InChI=1S/C19H19N3O4/c1-26-16-7-8-17(23)14(11-16)12-20-21-19(25)13-4-2-5-15(10-13)22-9-3-6-18(22)24/h2,4-5,7-8,10-12,23H,3,6,9H2,1H3,(H,21,25). The summed E-state index contributed by atoms with van der Waals surface area (Å²) in [7, 11) is 1.52. The Hall–Kier alpha value is -3.35. The summed E-state index contributed by atoms with van der Waals surface area (Å²) in [6.07, 6.45) is 2.69. The maximum Gasteiger partial charge on any atom is 0.271 e. The minimum Gasteiger partial charge on any atom is -0.507 e. The Morgan fingerprint density at radius 2 is 2.15 bits per heavy atom. The molecule has 2 amide bonds. The van der Waals surface area contributed by atoms with E-state index in [1.165, 1.54) is 19.4 Å². The highest BCUT2D eigenvalue weighted by atomic mass is 16.5. The van der Waals surface area contributed by atoms with Gasteiger partial charge in [0.1, 0.15) is 11.5 Å². The zero-order valence-electron chi connectivity index (χ0n) is 14.3. The molecule has 2 N–H and O–H groups in total. The average molecular weight is 353 g/mol. The number of hydrogen-bond acceptors (Lipinski definition) is 5. The van der Waals surface area contributed by atoms with E-state index in [-0.39, 0.29) is 11.7 Å². The normalized spacial score (nSPS) is 14.0. The van der Waals surface area contributed by atoms with Crippen molar-refractivity contribution < 1.29 is 19.4 Å². The number of amides is 2. The second-order valence-electron chi connectivity index (χ2n) is 5.82. The first-order chi connectivity index (χ1) is 12.6. The Morgan fingerprint density at radius 1 is 1.31 bits per heavy atom. The average Bonchev–Trinajstić information content (AvgIpc) is 3.09. The van der Waals surface area contributed by atoms with Crippen LogP contribution >= 0.6 is 0 Å². The van der Waals surface area contributed by atoms with Crippen molar-refractivity contribution in [1.29, 1.82) is 0 Å². The summed E-state index contributed by atoms with van der Waals surface area (Å²) in [5.74, 6) is 0.253. The van der Waals surface area contributed by atoms with Crippen LogP contribution in [0.2, 0.25) is 0 Å². The predicted octanol–water partition coefficient (Wildman–Crippen LogP) is 2.29. The molecule has 2 aromatic carbocycles. The first-order valence-corrected chi connectivity index (χ1v) is 8.19. The van der Waals surface area contributed by atoms with Crippen molar-refractivity contribution in [1.82, 2.24) is 5.43 Å². The van der Waals surface area contributed by atoms with Crippen LogP contribution in [-0.2, 0) is 4.79 Å². The van der Waals surface area contributed by atoms with E-state index in [1.54, 1.807) is 41.3 Å². The first kappa shape index (κ1) is 17.5. The molecule has 0 aromatic heterocycles. The molecule has 26 heavy (non-hydrogen) atoms. The number of nitrogens with zero attached hydrogens (tertiary/aromatic N) is 2. The van der Waals surface area contributed by atoms with Crippen LogP contribution in [0.4, 0.5) is 5.69 Å². The van der Waals surface area contributed by atoms with Gasteiger partial charge in [-0.25, -0.2) is 5.43 Å². The molecule has 0 saturated carbocycles. The molecular weight excluding hydrogens is 334 g/mol. The zero-order chi connectivity index (χ0) is 18.5. The second-order valence-corrected chi connectivity index (χ2v) is 5.82. The van der Waals surface area contributed by atoms with E-state index in [0.717, 1.165) is 6.42 Å².